The Morgan fingerprint density at radius 3 is 2.43 bits per heavy atom. The molecule has 6 nitrogen and oxygen atoms in total. The summed E-state index contributed by atoms with van der Waals surface area (Å²) in [6, 6.07) is 7.46. The fraction of sp³-hybridized carbons (Fsp3) is 0.400. The Morgan fingerprint density at radius 2 is 1.84 bits per heavy atom. The average Bonchev–Trinajstić information content (AvgIpc) is 3.23. The molecule has 196 valence electrons. The number of imidazole rings is 1. The second-order valence-electron chi connectivity index (χ2n) is 10.3. The topological polar surface area (TPSA) is 69.3 Å². The van der Waals surface area contributed by atoms with E-state index in [1.807, 2.05) is 0 Å². The van der Waals surface area contributed by atoms with Gasteiger partial charge in [-0.25, -0.2) is 13.4 Å². The second-order valence-corrected chi connectivity index (χ2v) is 13.0. The van der Waals surface area contributed by atoms with E-state index in [4.69, 9.17) is 23.2 Å². The zero-order valence-electron chi connectivity index (χ0n) is 19.5. The fourth-order valence-corrected chi connectivity index (χ4v) is 7.89. The monoisotopic (exact) mass is 570 g/mol. The minimum atomic E-state index is -4.56. The summed E-state index contributed by atoms with van der Waals surface area (Å²) in [5.74, 6) is 0.629. The van der Waals surface area contributed by atoms with Gasteiger partial charge in [0, 0.05) is 31.0 Å². The van der Waals surface area contributed by atoms with Crippen molar-refractivity contribution in [3.63, 3.8) is 0 Å². The lowest BCUT2D eigenvalue weighted by molar-refractivity contribution is -0.137. The summed E-state index contributed by atoms with van der Waals surface area (Å²) in [5, 5.41) is 0.309. The van der Waals surface area contributed by atoms with Crippen LogP contribution in [0.25, 0.3) is 0 Å². The Labute approximate surface area is 222 Å². The van der Waals surface area contributed by atoms with Gasteiger partial charge in [-0.2, -0.15) is 17.5 Å². The van der Waals surface area contributed by atoms with Crippen molar-refractivity contribution in [2.75, 3.05) is 11.4 Å². The number of halogens is 5. The molecule has 0 spiro atoms. The highest BCUT2D eigenvalue weighted by atomic mass is 35.5. The summed E-state index contributed by atoms with van der Waals surface area (Å²) in [6.45, 7) is 0.312. The number of benzene rings is 2. The number of hydrogen-bond donors (Lipinski definition) is 1. The van der Waals surface area contributed by atoms with Crippen LogP contribution in [0.1, 0.15) is 36.1 Å². The van der Waals surface area contributed by atoms with E-state index in [1.54, 1.807) is 12.5 Å². The Morgan fingerprint density at radius 1 is 1.08 bits per heavy atom. The second kappa shape index (κ2) is 8.62. The van der Waals surface area contributed by atoms with Gasteiger partial charge in [-0.3, -0.25) is 0 Å². The van der Waals surface area contributed by atoms with Crippen LogP contribution >= 0.6 is 23.2 Å². The van der Waals surface area contributed by atoms with Crippen molar-refractivity contribution in [2.24, 2.45) is 11.3 Å². The van der Waals surface area contributed by atoms with E-state index < -0.39 is 21.8 Å². The molecule has 0 radical (unpaired) electrons. The molecule has 2 aromatic carbocycles. The number of fused-ring (bicyclic) bond motifs is 1. The molecule has 1 aliphatic heterocycles. The Kier molecular flexibility index (Phi) is 5.83. The molecule has 37 heavy (non-hydrogen) atoms. The maximum Gasteiger partial charge on any atom is 0.416 e. The molecule has 1 aromatic heterocycles. The van der Waals surface area contributed by atoms with Crippen LogP contribution in [0.4, 0.5) is 18.9 Å². The Hall–Kier alpha value is -2.27. The largest absolute Gasteiger partial charge is 0.416 e. The van der Waals surface area contributed by atoms with Crippen molar-refractivity contribution >= 4 is 38.9 Å². The molecule has 0 unspecified atom stereocenters. The van der Waals surface area contributed by atoms with Crippen LogP contribution < -0.4 is 4.90 Å². The van der Waals surface area contributed by atoms with Crippen LogP contribution in [-0.4, -0.2) is 35.3 Å². The SMILES string of the molecule is O=S(=O)(c1ccc(Cl)c(Cl)c1)N1Cc2cc(C(F)(F)F)ccc2N(Cc2cnc[nH]2)[C@@H](C23CC(C2)C3)C1. The van der Waals surface area contributed by atoms with E-state index in [0.29, 0.717) is 23.7 Å². The molecule has 4 aliphatic rings. The summed E-state index contributed by atoms with van der Waals surface area (Å²) < 4.78 is 70.1. The molecule has 1 N–H and O–H groups in total. The third kappa shape index (κ3) is 4.22. The number of H-pyrrole nitrogens is 1. The van der Waals surface area contributed by atoms with Crippen molar-refractivity contribution in [1.82, 2.24) is 14.3 Å². The maximum atomic E-state index is 13.9. The molecular formula is C25H23Cl2F3N4O2S. The van der Waals surface area contributed by atoms with E-state index in [-0.39, 0.29) is 39.5 Å². The lowest BCUT2D eigenvalue weighted by Gasteiger charge is -2.67. The molecule has 12 heteroatoms. The van der Waals surface area contributed by atoms with Crippen LogP contribution in [-0.2, 0) is 29.3 Å². The lowest BCUT2D eigenvalue weighted by Crippen LogP contribution is -2.66. The predicted molar refractivity (Wildman–Crippen MR) is 134 cm³/mol. The van der Waals surface area contributed by atoms with Gasteiger partial charge in [-0.15, -0.1) is 0 Å². The van der Waals surface area contributed by atoms with E-state index in [1.165, 1.54) is 28.6 Å². The summed E-state index contributed by atoms with van der Waals surface area (Å²) in [6.07, 6.45) is 1.61. The molecular weight excluding hydrogens is 548 g/mol. The third-order valence-electron chi connectivity index (χ3n) is 8.03. The normalized spacial score (nSPS) is 25.7. The van der Waals surface area contributed by atoms with Gasteiger partial charge in [0.2, 0.25) is 10.0 Å². The van der Waals surface area contributed by atoms with Crippen LogP contribution in [0.15, 0.2) is 53.8 Å². The Bertz CT molecular complexity index is 1450. The lowest BCUT2D eigenvalue weighted by atomic mass is 9.41. The highest BCUT2D eigenvalue weighted by Gasteiger charge is 2.62. The summed E-state index contributed by atoms with van der Waals surface area (Å²) >= 11 is 12.1. The third-order valence-corrected chi connectivity index (χ3v) is 10.6. The minimum Gasteiger partial charge on any atom is -0.361 e. The number of aromatic nitrogens is 2. The van der Waals surface area contributed by atoms with Crippen molar-refractivity contribution < 1.29 is 21.6 Å². The van der Waals surface area contributed by atoms with Gasteiger partial charge in [0.15, 0.2) is 0 Å². The van der Waals surface area contributed by atoms with Gasteiger partial charge < -0.3 is 9.88 Å². The van der Waals surface area contributed by atoms with Crippen molar-refractivity contribution in [2.45, 2.75) is 49.5 Å². The first-order chi connectivity index (χ1) is 17.5. The average molecular weight is 571 g/mol. The van der Waals surface area contributed by atoms with Crippen molar-refractivity contribution in [1.29, 1.82) is 0 Å². The molecule has 0 amide bonds. The zero-order chi connectivity index (χ0) is 26.2. The van der Waals surface area contributed by atoms with Gasteiger partial charge in [0.05, 0.1) is 39.1 Å². The predicted octanol–water partition coefficient (Wildman–Crippen LogP) is 6.12. The van der Waals surface area contributed by atoms with Crippen molar-refractivity contribution in [3.05, 3.63) is 75.8 Å². The number of nitrogens with one attached hydrogen (secondary N) is 1. The van der Waals surface area contributed by atoms with E-state index in [9.17, 15) is 21.6 Å². The summed E-state index contributed by atoms with van der Waals surface area (Å²) in [5.41, 5.74) is 0.795. The van der Waals surface area contributed by atoms with Crippen LogP contribution in [0, 0.1) is 11.3 Å². The zero-order valence-corrected chi connectivity index (χ0v) is 21.8. The number of aromatic amines is 1. The molecule has 1 atom stereocenters. The smallest absolute Gasteiger partial charge is 0.361 e. The molecule has 2 heterocycles. The number of anilines is 1. The fourth-order valence-electron chi connectivity index (χ4n) is 6.08. The molecule has 7 rings (SSSR count). The first kappa shape index (κ1) is 25.0. The molecule has 3 aliphatic carbocycles. The molecule has 2 bridgehead atoms. The number of rotatable bonds is 5. The van der Waals surface area contributed by atoms with Crippen LogP contribution in [0.5, 0.6) is 0 Å². The molecule has 0 saturated heterocycles. The van der Waals surface area contributed by atoms with Gasteiger partial charge in [-0.05, 0) is 72.6 Å². The summed E-state index contributed by atoms with van der Waals surface area (Å²) in [4.78, 5) is 9.20. The number of nitrogens with zero attached hydrogens (tertiary/aromatic N) is 3. The number of alkyl halides is 3. The van der Waals surface area contributed by atoms with Gasteiger partial charge >= 0.3 is 6.18 Å². The van der Waals surface area contributed by atoms with E-state index in [2.05, 4.69) is 14.9 Å². The van der Waals surface area contributed by atoms with E-state index in [0.717, 1.165) is 37.1 Å². The standard InChI is InChI=1S/C25H23Cl2F3N4O2S/c26-20-3-2-19(6-21(20)27)37(35,36)33-11-16-5-17(25(28,29)30)1-4-22(16)34(12-18-10-31-14-32-18)23(13-33)24-7-15(8-24)9-24/h1-6,10,14-15,23H,7-9,11-13H2,(H,31,32)/t15?,23-,24?/m1/s1. The molecule has 3 fully saturated rings. The highest BCUT2D eigenvalue weighted by molar-refractivity contribution is 7.89. The molecule has 3 aromatic rings. The van der Waals surface area contributed by atoms with Gasteiger partial charge in [-0.1, -0.05) is 23.2 Å². The maximum absolute atomic E-state index is 13.9. The van der Waals surface area contributed by atoms with Gasteiger partial charge in [0.25, 0.3) is 0 Å². The first-order valence-electron chi connectivity index (χ1n) is 11.9. The van der Waals surface area contributed by atoms with Crippen LogP contribution in [0.3, 0.4) is 0 Å². The van der Waals surface area contributed by atoms with Crippen LogP contribution in [0.2, 0.25) is 10.0 Å². The summed E-state index contributed by atoms with van der Waals surface area (Å²) in [7, 11) is -4.10. The van der Waals surface area contributed by atoms with E-state index >= 15 is 0 Å². The van der Waals surface area contributed by atoms with Gasteiger partial charge in [0.1, 0.15) is 0 Å². The minimum absolute atomic E-state index is 0.0474. The molecule has 3 saturated carbocycles. The first-order valence-corrected chi connectivity index (χ1v) is 14.1. The number of hydrogen-bond acceptors (Lipinski definition) is 4. The van der Waals surface area contributed by atoms with Crippen molar-refractivity contribution in [3.8, 4) is 0 Å². The Balaban J connectivity index is 1.49. The quantitative estimate of drug-likeness (QED) is 0.401. The number of sulfonamides is 1. The highest BCUT2D eigenvalue weighted by Crippen LogP contribution is 2.67.